The van der Waals surface area contributed by atoms with Crippen molar-refractivity contribution < 1.29 is 0 Å². The van der Waals surface area contributed by atoms with E-state index in [0.717, 1.165) is 12.4 Å². The first kappa shape index (κ1) is 11.4. The summed E-state index contributed by atoms with van der Waals surface area (Å²) in [6.07, 6.45) is 4.48. The van der Waals surface area contributed by atoms with Crippen LogP contribution in [0.3, 0.4) is 0 Å². The molecule has 3 heteroatoms. The Bertz CT molecular complexity index is 345. The Morgan fingerprint density at radius 3 is 2.81 bits per heavy atom. The van der Waals surface area contributed by atoms with Gasteiger partial charge >= 0.3 is 0 Å². The lowest BCUT2D eigenvalue weighted by Crippen LogP contribution is -2.30. The van der Waals surface area contributed by atoms with Crippen LogP contribution in [0.25, 0.3) is 0 Å². The molecule has 3 nitrogen and oxygen atoms in total. The highest BCUT2D eigenvalue weighted by Gasteiger charge is 2.30. The lowest BCUT2D eigenvalue weighted by molar-refractivity contribution is 0.602. The molecule has 1 saturated carbocycles. The fraction of sp³-hybridized carbons (Fsp3) is 0.615. The number of pyridine rings is 1. The number of rotatable bonds is 5. The highest BCUT2D eigenvalue weighted by molar-refractivity contribution is 5.43. The van der Waals surface area contributed by atoms with Crippen LogP contribution in [0.2, 0.25) is 0 Å². The molecular formula is C13H21N3. The van der Waals surface area contributed by atoms with Gasteiger partial charge < -0.3 is 10.6 Å². The Morgan fingerprint density at radius 1 is 1.50 bits per heavy atom. The van der Waals surface area contributed by atoms with Crippen LogP contribution in [0.5, 0.6) is 0 Å². The van der Waals surface area contributed by atoms with Crippen molar-refractivity contribution in [2.24, 2.45) is 11.7 Å². The van der Waals surface area contributed by atoms with E-state index >= 15 is 0 Å². The second-order valence-corrected chi connectivity index (χ2v) is 5.00. The van der Waals surface area contributed by atoms with E-state index in [-0.39, 0.29) is 0 Å². The van der Waals surface area contributed by atoms with E-state index < -0.39 is 0 Å². The molecule has 2 N–H and O–H groups in total. The number of nitrogens with two attached hydrogens (primary N) is 1. The second kappa shape index (κ2) is 4.83. The van der Waals surface area contributed by atoms with Crippen molar-refractivity contribution in [2.75, 3.05) is 11.4 Å². The van der Waals surface area contributed by atoms with Crippen LogP contribution in [0, 0.1) is 5.92 Å². The maximum absolute atomic E-state index is 5.67. The fourth-order valence-corrected chi connectivity index (χ4v) is 1.95. The zero-order chi connectivity index (χ0) is 11.5. The molecule has 0 aliphatic heterocycles. The van der Waals surface area contributed by atoms with Gasteiger partial charge in [-0.1, -0.05) is 13.8 Å². The zero-order valence-corrected chi connectivity index (χ0v) is 10.2. The number of aromatic nitrogens is 1. The molecule has 0 amide bonds. The quantitative estimate of drug-likeness (QED) is 0.825. The summed E-state index contributed by atoms with van der Waals surface area (Å²) < 4.78 is 0. The molecule has 1 aliphatic carbocycles. The first-order chi connectivity index (χ1) is 7.70. The van der Waals surface area contributed by atoms with Gasteiger partial charge in [0.2, 0.25) is 0 Å². The van der Waals surface area contributed by atoms with Crippen molar-refractivity contribution >= 4 is 5.82 Å². The predicted molar refractivity (Wildman–Crippen MR) is 67.3 cm³/mol. The van der Waals surface area contributed by atoms with Gasteiger partial charge in [-0.05, 0) is 36.5 Å². The summed E-state index contributed by atoms with van der Waals surface area (Å²) in [5.41, 5.74) is 6.83. The molecule has 1 fully saturated rings. The molecule has 0 unspecified atom stereocenters. The number of hydrogen-bond donors (Lipinski definition) is 1. The van der Waals surface area contributed by atoms with Gasteiger partial charge in [-0.15, -0.1) is 0 Å². The van der Waals surface area contributed by atoms with Gasteiger partial charge in [0.25, 0.3) is 0 Å². The van der Waals surface area contributed by atoms with E-state index in [4.69, 9.17) is 5.73 Å². The minimum Gasteiger partial charge on any atom is -0.353 e. The highest BCUT2D eigenvalue weighted by Crippen LogP contribution is 2.31. The standard InChI is InChI=1S/C13H21N3/c1-10(2)9-16(12-3-4-12)13-7-11(8-14)5-6-15-13/h5-7,10,12H,3-4,8-9,14H2,1-2H3. The topological polar surface area (TPSA) is 42.1 Å². The van der Waals surface area contributed by atoms with Crippen molar-refractivity contribution in [3.63, 3.8) is 0 Å². The van der Waals surface area contributed by atoms with Gasteiger partial charge in [-0.25, -0.2) is 4.98 Å². The molecule has 88 valence electrons. The fourth-order valence-electron chi connectivity index (χ4n) is 1.95. The summed E-state index contributed by atoms with van der Waals surface area (Å²) in [6.45, 7) is 6.19. The second-order valence-electron chi connectivity index (χ2n) is 5.00. The molecule has 0 saturated heterocycles. The lowest BCUT2D eigenvalue weighted by atomic mass is 10.2. The third-order valence-electron chi connectivity index (χ3n) is 2.89. The summed E-state index contributed by atoms with van der Waals surface area (Å²) >= 11 is 0. The number of hydrogen-bond acceptors (Lipinski definition) is 3. The van der Waals surface area contributed by atoms with E-state index in [0.29, 0.717) is 18.5 Å². The van der Waals surface area contributed by atoms with Gasteiger partial charge in [-0.2, -0.15) is 0 Å². The average molecular weight is 219 g/mol. The minimum absolute atomic E-state index is 0.593. The molecule has 0 atom stereocenters. The maximum atomic E-state index is 5.67. The van der Waals surface area contributed by atoms with Gasteiger partial charge in [0.15, 0.2) is 0 Å². The van der Waals surface area contributed by atoms with Crippen LogP contribution in [0.4, 0.5) is 5.82 Å². The molecule has 1 aromatic heterocycles. The molecule has 16 heavy (non-hydrogen) atoms. The van der Waals surface area contributed by atoms with Crippen LogP contribution >= 0.6 is 0 Å². The van der Waals surface area contributed by atoms with Crippen LogP contribution in [-0.4, -0.2) is 17.6 Å². The summed E-state index contributed by atoms with van der Waals surface area (Å²) in [5.74, 6) is 1.77. The SMILES string of the molecule is CC(C)CN(c1cc(CN)ccn1)C1CC1. The Hall–Kier alpha value is -1.09. The maximum Gasteiger partial charge on any atom is 0.129 e. The van der Waals surface area contributed by atoms with Gasteiger partial charge in [0.1, 0.15) is 5.82 Å². The van der Waals surface area contributed by atoms with E-state index in [2.05, 4.69) is 29.8 Å². The largest absolute Gasteiger partial charge is 0.353 e. The third kappa shape index (κ3) is 2.73. The van der Waals surface area contributed by atoms with Crippen molar-refractivity contribution in [3.8, 4) is 0 Å². The smallest absolute Gasteiger partial charge is 0.129 e. The molecular weight excluding hydrogens is 198 g/mol. The predicted octanol–water partition coefficient (Wildman–Crippen LogP) is 2.17. The monoisotopic (exact) mass is 219 g/mol. The Kier molecular flexibility index (Phi) is 3.44. The highest BCUT2D eigenvalue weighted by atomic mass is 15.2. The van der Waals surface area contributed by atoms with Crippen LogP contribution in [0.1, 0.15) is 32.3 Å². The normalized spacial score (nSPS) is 15.5. The van der Waals surface area contributed by atoms with Crippen molar-refractivity contribution in [1.29, 1.82) is 0 Å². The molecule has 0 spiro atoms. The van der Waals surface area contributed by atoms with E-state index in [9.17, 15) is 0 Å². The third-order valence-corrected chi connectivity index (χ3v) is 2.89. The summed E-state index contributed by atoms with van der Waals surface area (Å²) in [4.78, 5) is 6.91. The number of nitrogens with zero attached hydrogens (tertiary/aromatic N) is 2. The Labute approximate surface area is 97.7 Å². The first-order valence-corrected chi connectivity index (χ1v) is 6.12. The van der Waals surface area contributed by atoms with Crippen LogP contribution in [0.15, 0.2) is 18.3 Å². The van der Waals surface area contributed by atoms with Gasteiger partial charge in [-0.3, -0.25) is 0 Å². The molecule has 1 heterocycles. The van der Waals surface area contributed by atoms with Gasteiger partial charge in [0, 0.05) is 25.3 Å². The van der Waals surface area contributed by atoms with E-state index in [1.807, 2.05) is 12.3 Å². The van der Waals surface area contributed by atoms with E-state index in [1.165, 1.54) is 18.4 Å². The molecule has 2 rings (SSSR count). The summed E-state index contributed by atoms with van der Waals surface area (Å²) in [7, 11) is 0. The van der Waals surface area contributed by atoms with Gasteiger partial charge in [0.05, 0.1) is 0 Å². The van der Waals surface area contributed by atoms with Crippen molar-refractivity contribution in [2.45, 2.75) is 39.3 Å². The lowest BCUT2D eigenvalue weighted by Gasteiger charge is -2.25. The van der Waals surface area contributed by atoms with Crippen LogP contribution < -0.4 is 10.6 Å². The minimum atomic E-state index is 0.593. The van der Waals surface area contributed by atoms with Crippen molar-refractivity contribution in [1.82, 2.24) is 4.98 Å². The van der Waals surface area contributed by atoms with Crippen molar-refractivity contribution in [3.05, 3.63) is 23.9 Å². The molecule has 0 bridgehead atoms. The molecule has 1 aromatic rings. The van der Waals surface area contributed by atoms with E-state index in [1.54, 1.807) is 0 Å². The Morgan fingerprint density at radius 2 is 2.25 bits per heavy atom. The zero-order valence-electron chi connectivity index (χ0n) is 10.2. The average Bonchev–Trinajstić information content (AvgIpc) is 3.09. The summed E-state index contributed by atoms with van der Waals surface area (Å²) in [6, 6.07) is 4.83. The Balaban J connectivity index is 2.16. The molecule has 0 aromatic carbocycles. The molecule has 1 aliphatic rings. The number of anilines is 1. The summed E-state index contributed by atoms with van der Waals surface area (Å²) in [5, 5.41) is 0. The first-order valence-electron chi connectivity index (χ1n) is 6.12. The van der Waals surface area contributed by atoms with Crippen LogP contribution in [-0.2, 0) is 6.54 Å². The molecule has 0 radical (unpaired) electrons.